The van der Waals surface area contributed by atoms with E-state index >= 15 is 0 Å². The standard InChI is InChI=1S/C13H18N2O3/c1-9-5-11(13(17)18)6-12(14-9)15-4-2-3-10(7-15)8-16/h5-6,10,16H,2-4,7-8H2,1H3,(H,17,18). The van der Waals surface area contributed by atoms with E-state index in [1.54, 1.807) is 19.1 Å². The number of hydrogen-bond donors (Lipinski definition) is 2. The van der Waals surface area contributed by atoms with Crippen molar-refractivity contribution >= 4 is 11.8 Å². The van der Waals surface area contributed by atoms with E-state index in [-0.39, 0.29) is 18.1 Å². The molecule has 0 bridgehead atoms. The molecular weight excluding hydrogens is 232 g/mol. The van der Waals surface area contributed by atoms with Gasteiger partial charge in [-0.25, -0.2) is 9.78 Å². The number of anilines is 1. The number of aromatic carboxylic acids is 1. The monoisotopic (exact) mass is 250 g/mol. The molecule has 1 aromatic heterocycles. The zero-order valence-electron chi connectivity index (χ0n) is 10.5. The van der Waals surface area contributed by atoms with Crippen LogP contribution < -0.4 is 4.90 Å². The fraction of sp³-hybridized carbons (Fsp3) is 0.538. The summed E-state index contributed by atoms with van der Waals surface area (Å²) in [5, 5.41) is 18.3. The van der Waals surface area contributed by atoms with Gasteiger partial charge in [-0.3, -0.25) is 0 Å². The van der Waals surface area contributed by atoms with Crippen LogP contribution in [0, 0.1) is 12.8 Å². The van der Waals surface area contributed by atoms with Gasteiger partial charge in [-0.1, -0.05) is 0 Å². The first-order chi connectivity index (χ1) is 8.60. The Labute approximate surface area is 106 Å². The second kappa shape index (κ2) is 5.35. The maximum atomic E-state index is 11.0. The van der Waals surface area contributed by atoms with Gasteiger partial charge in [-0.2, -0.15) is 0 Å². The maximum absolute atomic E-state index is 11.0. The van der Waals surface area contributed by atoms with E-state index in [1.807, 2.05) is 0 Å². The number of rotatable bonds is 3. The third kappa shape index (κ3) is 2.79. The van der Waals surface area contributed by atoms with Crippen molar-refractivity contribution in [3.8, 4) is 0 Å². The van der Waals surface area contributed by atoms with Gasteiger partial charge in [-0.05, 0) is 37.8 Å². The van der Waals surface area contributed by atoms with Gasteiger partial charge in [-0.15, -0.1) is 0 Å². The third-order valence-corrected chi connectivity index (χ3v) is 3.29. The minimum Gasteiger partial charge on any atom is -0.478 e. The molecule has 18 heavy (non-hydrogen) atoms. The topological polar surface area (TPSA) is 73.7 Å². The summed E-state index contributed by atoms with van der Waals surface area (Å²) < 4.78 is 0. The molecule has 5 nitrogen and oxygen atoms in total. The predicted octanol–water partition coefficient (Wildman–Crippen LogP) is 1.30. The van der Waals surface area contributed by atoms with Crippen LogP contribution in [0.2, 0.25) is 0 Å². The molecule has 98 valence electrons. The third-order valence-electron chi connectivity index (χ3n) is 3.29. The van der Waals surface area contributed by atoms with Crippen molar-refractivity contribution in [3.05, 3.63) is 23.4 Å². The first-order valence-corrected chi connectivity index (χ1v) is 6.18. The summed E-state index contributed by atoms with van der Waals surface area (Å²) in [4.78, 5) is 17.5. The highest BCUT2D eigenvalue weighted by Gasteiger charge is 2.21. The number of hydrogen-bond acceptors (Lipinski definition) is 4. The summed E-state index contributed by atoms with van der Waals surface area (Å²) in [7, 11) is 0. The van der Waals surface area contributed by atoms with Crippen LogP contribution in [0.15, 0.2) is 12.1 Å². The zero-order chi connectivity index (χ0) is 13.1. The van der Waals surface area contributed by atoms with E-state index in [9.17, 15) is 9.90 Å². The van der Waals surface area contributed by atoms with E-state index in [4.69, 9.17) is 5.11 Å². The first-order valence-electron chi connectivity index (χ1n) is 6.18. The first kappa shape index (κ1) is 12.8. The van der Waals surface area contributed by atoms with Crippen LogP contribution >= 0.6 is 0 Å². The van der Waals surface area contributed by atoms with E-state index in [1.165, 1.54) is 0 Å². The minimum absolute atomic E-state index is 0.175. The SMILES string of the molecule is Cc1cc(C(=O)O)cc(N2CCCC(CO)C2)n1. The van der Waals surface area contributed by atoms with Gasteiger partial charge < -0.3 is 15.1 Å². The lowest BCUT2D eigenvalue weighted by molar-refractivity contribution is 0.0696. The Kier molecular flexibility index (Phi) is 3.81. The lowest BCUT2D eigenvalue weighted by Crippen LogP contribution is -2.37. The van der Waals surface area contributed by atoms with Crippen LogP contribution in [0.3, 0.4) is 0 Å². The van der Waals surface area contributed by atoms with Crippen molar-refractivity contribution < 1.29 is 15.0 Å². The van der Waals surface area contributed by atoms with E-state index in [2.05, 4.69) is 9.88 Å². The average Bonchev–Trinajstić information content (AvgIpc) is 2.38. The molecule has 5 heteroatoms. The number of nitrogens with zero attached hydrogens (tertiary/aromatic N) is 2. The second-order valence-corrected chi connectivity index (χ2v) is 4.80. The fourth-order valence-corrected chi connectivity index (χ4v) is 2.36. The summed E-state index contributed by atoms with van der Waals surface area (Å²) in [6.07, 6.45) is 2.02. The Hall–Kier alpha value is -1.62. The second-order valence-electron chi connectivity index (χ2n) is 4.80. The minimum atomic E-state index is -0.933. The average molecular weight is 250 g/mol. The number of carbonyl (C=O) groups is 1. The molecule has 2 N–H and O–H groups in total. The highest BCUT2D eigenvalue weighted by Crippen LogP contribution is 2.22. The van der Waals surface area contributed by atoms with Crippen LogP contribution in [0.25, 0.3) is 0 Å². The number of aliphatic hydroxyl groups excluding tert-OH is 1. The molecule has 0 saturated carbocycles. The largest absolute Gasteiger partial charge is 0.478 e. The van der Waals surface area contributed by atoms with Crippen LogP contribution in [0.1, 0.15) is 28.9 Å². The Morgan fingerprint density at radius 1 is 1.56 bits per heavy atom. The highest BCUT2D eigenvalue weighted by atomic mass is 16.4. The van der Waals surface area contributed by atoms with Crippen molar-refractivity contribution in [2.45, 2.75) is 19.8 Å². The van der Waals surface area contributed by atoms with Crippen LogP contribution in [0.4, 0.5) is 5.82 Å². The Balaban J connectivity index is 2.24. The van der Waals surface area contributed by atoms with Gasteiger partial charge in [0.1, 0.15) is 5.82 Å². The van der Waals surface area contributed by atoms with Gasteiger partial charge in [0, 0.05) is 25.4 Å². The van der Waals surface area contributed by atoms with Gasteiger partial charge in [0.15, 0.2) is 0 Å². The number of pyridine rings is 1. The fourth-order valence-electron chi connectivity index (χ4n) is 2.36. The molecule has 1 atom stereocenters. The van der Waals surface area contributed by atoms with Crippen molar-refractivity contribution in [3.63, 3.8) is 0 Å². The molecule has 0 aliphatic carbocycles. The lowest BCUT2D eigenvalue weighted by atomic mass is 9.99. The summed E-state index contributed by atoms with van der Waals surface area (Å²) >= 11 is 0. The van der Waals surface area contributed by atoms with Crippen LogP contribution in [-0.2, 0) is 0 Å². The number of aliphatic hydroxyl groups is 1. The van der Waals surface area contributed by atoms with Crippen LogP contribution in [0.5, 0.6) is 0 Å². The highest BCUT2D eigenvalue weighted by molar-refractivity contribution is 5.88. The number of piperidine rings is 1. The Morgan fingerprint density at radius 2 is 2.33 bits per heavy atom. The molecule has 0 aromatic carbocycles. The summed E-state index contributed by atoms with van der Waals surface area (Å²) in [5.41, 5.74) is 0.972. The number of carboxylic acids is 1. The number of aryl methyl sites for hydroxylation is 1. The van der Waals surface area contributed by atoms with Crippen molar-refractivity contribution in [2.24, 2.45) is 5.92 Å². The molecule has 1 aromatic rings. The van der Waals surface area contributed by atoms with Gasteiger partial charge in [0.2, 0.25) is 0 Å². The molecular formula is C13H18N2O3. The molecule has 0 spiro atoms. The van der Waals surface area contributed by atoms with Crippen molar-refractivity contribution in [2.75, 3.05) is 24.6 Å². The molecule has 1 fully saturated rings. The normalized spacial score (nSPS) is 19.9. The summed E-state index contributed by atoms with van der Waals surface area (Å²) in [6.45, 7) is 3.58. The van der Waals surface area contributed by atoms with Crippen molar-refractivity contribution in [1.29, 1.82) is 0 Å². The van der Waals surface area contributed by atoms with E-state index in [0.717, 1.165) is 25.9 Å². The number of aromatic nitrogens is 1. The molecule has 1 saturated heterocycles. The van der Waals surface area contributed by atoms with E-state index < -0.39 is 5.97 Å². The van der Waals surface area contributed by atoms with Crippen molar-refractivity contribution in [1.82, 2.24) is 4.98 Å². The maximum Gasteiger partial charge on any atom is 0.335 e. The predicted molar refractivity (Wildman–Crippen MR) is 68.0 cm³/mol. The molecule has 1 aliphatic heterocycles. The molecule has 2 heterocycles. The van der Waals surface area contributed by atoms with Gasteiger partial charge >= 0.3 is 5.97 Å². The molecule has 2 rings (SSSR count). The molecule has 1 aliphatic rings. The Morgan fingerprint density at radius 3 is 3.00 bits per heavy atom. The van der Waals surface area contributed by atoms with Crippen LogP contribution in [-0.4, -0.2) is 40.9 Å². The Bertz CT molecular complexity index is 448. The van der Waals surface area contributed by atoms with Gasteiger partial charge in [0.25, 0.3) is 0 Å². The zero-order valence-corrected chi connectivity index (χ0v) is 10.5. The smallest absolute Gasteiger partial charge is 0.335 e. The summed E-state index contributed by atoms with van der Waals surface area (Å²) in [5.74, 6) is 0.0253. The molecule has 0 radical (unpaired) electrons. The van der Waals surface area contributed by atoms with Gasteiger partial charge in [0.05, 0.1) is 5.56 Å². The number of carboxylic acid groups (broad SMARTS) is 1. The van der Waals surface area contributed by atoms with E-state index in [0.29, 0.717) is 11.5 Å². The molecule has 0 amide bonds. The summed E-state index contributed by atoms with van der Waals surface area (Å²) in [6, 6.07) is 3.17. The lowest BCUT2D eigenvalue weighted by Gasteiger charge is -2.33. The quantitative estimate of drug-likeness (QED) is 0.845. The molecule has 1 unspecified atom stereocenters.